The summed E-state index contributed by atoms with van der Waals surface area (Å²) in [5, 5.41) is 9.34. The Bertz CT molecular complexity index is 126. The highest BCUT2D eigenvalue weighted by atomic mass is 127. The third kappa shape index (κ3) is 3.58. The smallest absolute Gasteiger partial charge is 0.0786 e. The topological polar surface area (TPSA) is 20.2 Å². The molecule has 1 N–H and O–H groups in total. The molecule has 1 aliphatic rings. The van der Waals surface area contributed by atoms with Gasteiger partial charge < -0.3 is 33.6 Å². The Morgan fingerprint density at radius 3 is 2.00 bits per heavy atom. The van der Waals surface area contributed by atoms with E-state index < -0.39 is 0 Å². The number of aliphatic hydroxyl groups excluding tert-OH is 1. The highest BCUT2D eigenvalue weighted by Crippen LogP contribution is 2.22. The van der Waals surface area contributed by atoms with Crippen LogP contribution in [0.25, 0.3) is 0 Å². The summed E-state index contributed by atoms with van der Waals surface area (Å²) in [6.07, 6.45) is 2.27. The molecule has 1 atom stereocenters. The maximum absolute atomic E-state index is 9.34. The molecule has 0 amide bonds. The molecule has 2 nitrogen and oxygen atoms in total. The van der Waals surface area contributed by atoms with Crippen molar-refractivity contribution in [3.05, 3.63) is 0 Å². The summed E-state index contributed by atoms with van der Waals surface area (Å²) in [6, 6.07) is 0. The van der Waals surface area contributed by atoms with Gasteiger partial charge in [0, 0.05) is 12.8 Å². The number of quaternary nitrogens is 1. The van der Waals surface area contributed by atoms with Gasteiger partial charge in [0.2, 0.25) is 0 Å². The fraction of sp³-hybridized carbons (Fsp3) is 1.00. The summed E-state index contributed by atoms with van der Waals surface area (Å²) in [6.45, 7) is 4.35. The third-order valence-corrected chi connectivity index (χ3v) is 2.89. The van der Waals surface area contributed by atoms with Crippen molar-refractivity contribution in [1.29, 1.82) is 0 Å². The van der Waals surface area contributed by atoms with Crippen molar-refractivity contribution in [3.8, 4) is 0 Å². The highest BCUT2D eigenvalue weighted by Gasteiger charge is 2.28. The second-order valence-electron chi connectivity index (χ2n) is 4.46. The van der Waals surface area contributed by atoms with Crippen LogP contribution in [0, 0.1) is 5.92 Å². The van der Waals surface area contributed by atoms with Crippen LogP contribution in [0.3, 0.4) is 0 Å². The molecule has 0 saturated carbocycles. The summed E-state index contributed by atoms with van der Waals surface area (Å²) in [5.41, 5.74) is 0. The lowest BCUT2D eigenvalue weighted by atomic mass is 9.91. The lowest BCUT2D eigenvalue weighted by molar-refractivity contribution is -0.896. The molecular weight excluding hydrogens is 265 g/mol. The molecule has 1 fully saturated rings. The lowest BCUT2D eigenvalue weighted by Crippen LogP contribution is -3.00. The zero-order valence-corrected chi connectivity index (χ0v) is 10.4. The van der Waals surface area contributed by atoms with E-state index in [1.165, 1.54) is 25.9 Å². The van der Waals surface area contributed by atoms with Gasteiger partial charge in [0.25, 0.3) is 0 Å². The van der Waals surface area contributed by atoms with E-state index in [-0.39, 0.29) is 30.1 Å². The van der Waals surface area contributed by atoms with Crippen LogP contribution in [0.1, 0.15) is 19.8 Å². The van der Waals surface area contributed by atoms with Crippen molar-refractivity contribution in [2.24, 2.45) is 5.92 Å². The summed E-state index contributed by atoms with van der Waals surface area (Å²) in [4.78, 5) is 0. The number of piperidine rings is 1. The Hall–Kier alpha value is 0.650. The molecule has 0 aromatic rings. The van der Waals surface area contributed by atoms with E-state index in [1.807, 2.05) is 6.92 Å². The Morgan fingerprint density at radius 2 is 1.67 bits per heavy atom. The second-order valence-corrected chi connectivity index (χ2v) is 4.46. The second kappa shape index (κ2) is 4.77. The first kappa shape index (κ1) is 12.7. The van der Waals surface area contributed by atoms with Crippen LogP contribution >= 0.6 is 0 Å². The Balaban J connectivity index is 0.00000121. The van der Waals surface area contributed by atoms with Gasteiger partial charge in [0.15, 0.2) is 0 Å². The molecule has 0 aliphatic carbocycles. The zero-order chi connectivity index (χ0) is 8.48. The Labute approximate surface area is 92.6 Å². The van der Waals surface area contributed by atoms with Gasteiger partial charge in [-0.15, -0.1) is 0 Å². The summed E-state index contributed by atoms with van der Waals surface area (Å²) in [7, 11) is 4.52. The zero-order valence-electron chi connectivity index (χ0n) is 8.26. The largest absolute Gasteiger partial charge is 1.00 e. The van der Waals surface area contributed by atoms with Crippen LogP contribution in [-0.4, -0.2) is 42.9 Å². The minimum atomic E-state index is -0.102. The molecule has 0 bridgehead atoms. The fourth-order valence-corrected chi connectivity index (χ4v) is 1.77. The molecule has 0 spiro atoms. The first-order valence-electron chi connectivity index (χ1n) is 4.51. The van der Waals surface area contributed by atoms with Gasteiger partial charge in [-0.25, -0.2) is 0 Å². The Morgan fingerprint density at radius 1 is 1.25 bits per heavy atom. The van der Waals surface area contributed by atoms with Gasteiger partial charge in [-0.05, 0) is 12.8 Å². The van der Waals surface area contributed by atoms with Gasteiger partial charge >= 0.3 is 0 Å². The monoisotopic (exact) mass is 285 g/mol. The molecule has 1 saturated heterocycles. The molecule has 1 aliphatic heterocycles. The fourth-order valence-electron chi connectivity index (χ4n) is 1.77. The van der Waals surface area contributed by atoms with E-state index in [9.17, 15) is 5.11 Å². The number of hydrogen-bond donors (Lipinski definition) is 1. The van der Waals surface area contributed by atoms with E-state index in [4.69, 9.17) is 0 Å². The number of likely N-dealkylation sites (tertiary alicyclic amines) is 1. The SMILES string of the molecule is CC(O)C1CC[N+](C)(C)CC1.[I-]. The van der Waals surface area contributed by atoms with Crippen molar-refractivity contribution in [2.75, 3.05) is 27.2 Å². The van der Waals surface area contributed by atoms with E-state index >= 15 is 0 Å². The molecule has 0 aromatic heterocycles. The van der Waals surface area contributed by atoms with Crippen LogP contribution in [-0.2, 0) is 0 Å². The first-order chi connectivity index (χ1) is 5.01. The van der Waals surface area contributed by atoms with Gasteiger partial charge in [0.05, 0.1) is 33.3 Å². The van der Waals surface area contributed by atoms with E-state index in [2.05, 4.69) is 14.1 Å². The Kier molecular flexibility index (Phi) is 5.02. The summed E-state index contributed by atoms with van der Waals surface area (Å²) in [5.74, 6) is 0.557. The van der Waals surface area contributed by atoms with Crippen molar-refractivity contribution in [1.82, 2.24) is 0 Å². The summed E-state index contributed by atoms with van der Waals surface area (Å²) < 4.78 is 1.13. The normalized spacial score (nSPS) is 26.0. The molecule has 1 unspecified atom stereocenters. The van der Waals surface area contributed by atoms with Gasteiger partial charge in [-0.1, -0.05) is 0 Å². The first-order valence-corrected chi connectivity index (χ1v) is 4.51. The van der Waals surface area contributed by atoms with E-state index in [0.717, 1.165) is 4.48 Å². The number of rotatable bonds is 1. The molecule has 1 heterocycles. The minimum Gasteiger partial charge on any atom is -1.00 e. The van der Waals surface area contributed by atoms with Gasteiger partial charge in [-0.2, -0.15) is 0 Å². The quantitative estimate of drug-likeness (QED) is 0.430. The molecular formula is C9H20INO. The maximum atomic E-state index is 9.34. The minimum absolute atomic E-state index is 0. The average Bonchev–Trinajstić information content (AvgIpc) is 1.86. The number of aliphatic hydroxyl groups is 1. The average molecular weight is 285 g/mol. The van der Waals surface area contributed by atoms with Crippen LogP contribution < -0.4 is 24.0 Å². The van der Waals surface area contributed by atoms with Crippen LogP contribution in [0.15, 0.2) is 0 Å². The van der Waals surface area contributed by atoms with Crippen LogP contribution in [0.5, 0.6) is 0 Å². The predicted molar refractivity (Wildman–Crippen MR) is 46.2 cm³/mol. The lowest BCUT2D eigenvalue weighted by Gasteiger charge is -2.38. The number of hydrogen-bond acceptors (Lipinski definition) is 1. The molecule has 0 radical (unpaired) electrons. The van der Waals surface area contributed by atoms with E-state index in [1.54, 1.807) is 0 Å². The molecule has 74 valence electrons. The molecule has 1 rings (SSSR count). The van der Waals surface area contributed by atoms with E-state index in [0.29, 0.717) is 5.92 Å². The molecule has 12 heavy (non-hydrogen) atoms. The molecule has 3 heteroatoms. The summed E-state index contributed by atoms with van der Waals surface area (Å²) >= 11 is 0. The van der Waals surface area contributed by atoms with Crippen molar-refractivity contribution < 1.29 is 33.6 Å². The van der Waals surface area contributed by atoms with Crippen molar-refractivity contribution in [3.63, 3.8) is 0 Å². The van der Waals surface area contributed by atoms with Crippen LogP contribution in [0.2, 0.25) is 0 Å². The van der Waals surface area contributed by atoms with Crippen molar-refractivity contribution in [2.45, 2.75) is 25.9 Å². The van der Waals surface area contributed by atoms with Crippen LogP contribution in [0.4, 0.5) is 0 Å². The predicted octanol–water partition coefficient (Wildman–Crippen LogP) is -2.14. The maximum Gasteiger partial charge on any atom is 0.0786 e. The highest BCUT2D eigenvalue weighted by molar-refractivity contribution is 4.68. The van der Waals surface area contributed by atoms with Gasteiger partial charge in [-0.3, -0.25) is 0 Å². The number of halogens is 1. The molecule has 0 aromatic carbocycles. The number of nitrogens with zero attached hydrogens (tertiary/aromatic N) is 1. The standard InChI is InChI=1S/C9H20NO.HI/c1-8(11)9-4-6-10(2,3)7-5-9;/h8-9,11H,4-7H2,1-3H3;1H/q+1;/p-1. The third-order valence-electron chi connectivity index (χ3n) is 2.89. The van der Waals surface area contributed by atoms with Gasteiger partial charge in [0.1, 0.15) is 0 Å². The van der Waals surface area contributed by atoms with Crippen molar-refractivity contribution >= 4 is 0 Å².